The summed E-state index contributed by atoms with van der Waals surface area (Å²) in [6, 6.07) is 9.93. The average Bonchev–Trinajstić information content (AvgIpc) is 2.95. The third-order valence-corrected chi connectivity index (χ3v) is 4.45. The molecule has 1 aliphatic heterocycles. The molecule has 0 saturated carbocycles. The molecule has 1 heterocycles. The van der Waals surface area contributed by atoms with Crippen LogP contribution in [-0.2, 0) is 24.1 Å². The van der Waals surface area contributed by atoms with Crippen molar-refractivity contribution in [3.63, 3.8) is 0 Å². The second-order valence-corrected chi connectivity index (χ2v) is 6.08. The molecular formula is C19H18F3NO. The number of fused-ring (bicyclic) bond motifs is 1. The highest BCUT2D eigenvalue weighted by Crippen LogP contribution is 2.40. The fourth-order valence-electron chi connectivity index (χ4n) is 3.25. The Bertz CT molecular complexity index is 796. The quantitative estimate of drug-likeness (QED) is 0.763. The van der Waals surface area contributed by atoms with Gasteiger partial charge in [0, 0.05) is 19.5 Å². The van der Waals surface area contributed by atoms with Gasteiger partial charge in [-0.15, -0.1) is 0 Å². The molecule has 126 valence electrons. The first-order chi connectivity index (χ1) is 11.3. The highest BCUT2D eigenvalue weighted by atomic mass is 19.4. The summed E-state index contributed by atoms with van der Waals surface area (Å²) >= 11 is 0. The highest BCUT2D eigenvalue weighted by molar-refractivity contribution is 5.77. The monoisotopic (exact) mass is 333 g/mol. The number of nitrogens with zero attached hydrogens (tertiary/aromatic N) is 1. The molecule has 3 rings (SSSR count). The van der Waals surface area contributed by atoms with Crippen LogP contribution in [0.2, 0.25) is 0 Å². The van der Waals surface area contributed by atoms with Crippen molar-refractivity contribution in [3.05, 3.63) is 58.7 Å². The van der Waals surface area contributed by atoms with Crippen molar-refractivity contribution >= 4 is 5.91 Å². The zero-order chi connectivity index (χ0) is 17.5. The fourth-order valence-corrected chi connectivity index (χ4v) is 3.25. The standard InChI is InChI=1S/C19H18F3NO/c1-3-17(24)23-10-14-8-7-13(9-15(14)11-23)16-6-4-5-12(2)18(16)19(20,21)22/h4-9H,3,10-11H2,1-2H3. The third-order valence-electron chi connectivity index (χ3n) is 4.45. The van der Waals surface area contributed by atoms with Crippen LogP contribution in [0.3, 0.4) is 0 Å². The van der Waals surface area contributed by atoms with Crippen LogP contribution in [0.5, 0.6) is 0 Å². The van der Waals surface area contributed by atoms with Gasteiger partial charge in [-0.1, -0.05) is 37.3 Å². The number of benzene rings is 2. The minimum Gasteiger partial charge on any atom is -0.334 e. The number of rotatable bonds is 2. The molecule has 0 fully saturated rings. The van der Waals surface area contributed by atoms with E-state index in [1.165, 1.54) is 19.1 Å². The second-order valence-electron chi connectivity index (χ2n) is 6.08. The van der Waals surface area contributed by atoms with Crippen LogP contribution in [0.4, 0.5) is 13.2 Å². The molecule has 0 radical (unpaired) electrons. The molecule has 2 aromatic carbocycles. The largest absolute Gasteiger partial charge is 0.417 e. The molecule has 1 amide bonds. The number of amides is 1. The Hall–Kier alpha value is -2.30. The van der Waals surface area contributed by atoms with Gasteiger partial charge in [0.1, 0.15) is 0 Å². The van der Waals surface area contributed by atoms with Crippen molar-refractivity contribution in [1.82, 2.24) is 4.90 Å². The van der Waals surface area contributed by atoms with Gasteiger partial charge in [0.05, 0.1) is 5.56 Å². The summed E-state index contributed by atoms with van der Waals surface area (Å²) in [6.07, 6.45) is -3.97. The van der Waals surface area contributed by atoms with Gasteiger partial charge in [-0.2, -0.15) is 13.2 Å². The molecule has 2 aromatic rings. The van der Waals surface area contributed by atoms with E-state index >= 15 is 0 Å². The van der Waals surface area contributed by atoms with Crippen molar-refractivity contribution in [2.24, 2.45) is 0 Å². The molecule has 24 heavy (non-hydrogen) atoms. The van der Waals surface area contributed by atoms with E-state index in [1.54, 1.807) is 30.0 Å². The van der Waals surface area contributed by atoms with Gasteiger partial charge in [0.25, 0.3) is 0 Å². The first-order valence-corrected chi connectivity index (χ1v) is 7.88. The van der Waals surface area contributed by atoms with E-state index in [-0.39, 0.29) is 17.0 Å². The van der Waals surface area contributed by atoms with Crippen LogP contribution in [-0.4, -0.2) is 10.8 Å². The van der Waals surface area contributed by atoms with Gasteiger partial charge in [-0.3, -0.25) is 4.79 Å². The van der Waals surface area contributed by atoms with Gasteiger partial charge < -0.3 is 4.90 Å². The van der Waals surface area contributed by atoms with Crippen molar-refractivity contribution in [2.75, 3.05) is 0 Å². The maximum Gasteiger partial charge on any atom is 0.417 e. The average molecular weight is 333 g/mol. The summed E-state index contributed by atoms with van der Waals surface area (Å²) in [5, 5.41) is 0. The van der Waals surface area contributed by atoms with Gasteiger partial charge in [0.2, 0.25) is 5.91 Å². The summed E-state index contributed by atoms with van der Waals surface area (Å²) in [5.74, 6) is 0.0549. The third kappa shape index (κ3) is 2.90. The van der Waals surface area contributed by atoms with E-state index in [4.69, 9.17) is 0 Å². The Morgan fingerprint density at radius 1 is 1.12 bits per heavy atom. The SMILES string of the molecule is CCC(=O)N1Cc2ccc(-c3cccc(C)c3C(F)(F)F)cc2C1. The number of aryl methyl sites for hydroxylation is 1. The summed E-state index contributed by atoms with van der Waals surface area (Å²) in [7, 11) is 0. The van der Waals surface area contributed by atoms with Gasteiger partial charge in [-0.05, 0) is 40.8 Å². The Labute approximate surface area is 138 Å². The Morgan fingerprint density at radius 2 is 1.83 bits per heavy atom. The summed E-state index contributed by atoms with van der Waals surface area (Å²) < 4.78 is 40.3. The predicted octanol–water partition coefficient (Wildman–Crippen LogP) is 4.93. The lowest BCUT2D eigenvalue weighted by molar-refractivity contribution is -0.137. The molecular weight excluding hydrogens is 315 g/mol. The smallest absolute Gasteiger partial charge is 0.334 e. The van der Waals surface area contributed by atoms with Crippen molar-refractivity contribution in [3.8, 4) is 11.1 Å². The van der Waals surface area contributed by atoms with Gasteiger partial charge in [0.15, 0.2) is 0 Å². The fraction of sp³-hybridized carbons (Fsp3) is 0.316. The van der Waals surface area contributed by atoms with Crippen molar-refractivity contribution in [2.45, 2.75) is 39.5 Å². The van der Waals surface area contributed by atoms with Gasteiger partial charge in [-0.25, -0.2) is 0 Å². The molecule has 0 bridgehead atoms. The van der Waals surface area contributed by atoms with Gasteiger partial charge >= 0.3 is 6.18 Å². The molecule has 2 nitrogen and oxygen atoms in total. The number of hydrogen-bond donors (Lipinski definition) is 0. The molecule has 5 heteroatoms. The second kappa shape index (κ2) is 5.96. The minimum absolute atomic E-state index is 0.0549. The van der Waals surface area contributed by atoms with Crippen LogP contribution in [0.25, 0.3) is 11.1 Å². The van der Waals surface area contributed by atoms with Crippen LogP contribution >= 0.6 is 0 Å². The van der Waals surface area contributed by atoms with Crippen LogP contribution in [0, 0.1) is 6.92 Å². The molecule has 0 saturated heterocycles. The van der Waals surface area contributed by atoms with Crippen molar-refractivity contribution in [1.29, 1.82) is 0 Å². The first-order valence-electron chi connectivity index (χ1n) is 7.88. The van der Waals surface area contributed by atoms with E-state index in [0.717, 1.165) is 11.1 Å². The minimum atomic E-state index is -4.40. The maximum atomic E-state index is 13.4. The Morgan fingerprint density at radius 3 is 2.50 bits per heavy atom. The summed E-state index contributed by atoms with van der Waals surface area (Å²) in [5.41, 5.74) is 2.26. The number of hydrogen-bond acceptors (Lipinski definition) is 1. The molecule has 0 spiro atoms. The molecule has 0 aliphatic carbocycles. The van der Waals surface area contributed by atoms with E-state index < -0.39 is 11.7 Å². The van der Waals surface area contributed by atoms with E-state index in [9.17, 15) is 18.0 Å². The molecule has 0 unspecified atom stereocenters. The summed E-state index contributed by atoms with van der Waals surface area (Å²) in [6.45, 7) is 4.27. The van der Waals surface area contributed by atoms with E-state index in [0.29, 0.717) is 25.1 Å². The number of carbonyl (C=O) groups excluding carboxylic acids is 1. The Balaban J connectivity index is 2.03. The zero-order valence-corrected chi connectivity index (χ0v) is 13.6. The Kier molecular flexibility index (Phi) is 4.11. The first kappa shape index (κ1) is 16.6. The lowest BCUT2D eigenvalue weighted by atomic mass is 9.93. The number of carbonyl (C=O) groups is 1. The topological polar surface area (TPSA) is 20.3 Å². The normalized spacial score (nSPS) is 14.0. The lowest BCUT2D eigenvalue weighted by Gasteiger charge is -2.16. The summed E-state index contributed by atoms with van der Waals surface area (Å²) in [4.78, 5) is 13.6. The van der Waals surface area contributed by atoms with E-state index in [2.05, 4.69) is 0 Å². The number of halogens is 3. The lowest BCUT2D eigenvalue weighted by Crippen LogP contribution is -2.23. The zero-order valence-electron chi connectivity index (χ0n) is 13.6. The highest BCUT2D eigenvalue weighted by Gasteiger charge is 2.35. The van der Waals surface area contributed by atoms with Crippen LogP contribution in [0.15, 0.2) is 36.4 Å². The van der Waals surface area contributed by atoms with Crippen molar-refractivity contribution < 1.29 is 18.0 Å². The predicted molar refractivity (Wildman–Crippen MR) is 86.2 cm³/mol. The van der Waals surface area contributed by atoms with Crippen LogP contribution < -0.4 is 0 Å². The van der Waals surface area contributed by atoms with Crippen LogP contribution in [0.1, 0.15) is 35.6 Å². The number of alkyl halides is 3. The molecule has 0 atom stereocenters. The molecule has 1 aliphatic rings. The van der Waals surface area contributed by atoms with E-state index in [1.807, 2.05) is 6.07 Å². The molecule has 0 N–H and O–H groups in total. The molecule has 0 aromatic heterocycles. The maximum absolute atomic E-state index is 13.4.